The number of carbonyl (C=O) groups excluding carboxylic acids is 3. The molecule has 10 heteroatoms. The van der Waals surface area contributed by atoms with Gasteiger partial charge in [0, 0.05) is 12.2 Å². The van der Waals surface area contributed by atoms with Crippen LogP contribution in [0.4, 0.5) is 5.69 Å². The van der Waals surface area contributed by atoms with Crippen molar-refractivity contribution in [1.82, 2.24) is 10.3 Å². The second-order valence-electron chi connectivity index (χ2n) is 6.71. The summed E-state index contributed by atoms with van der Waals surface area (Å²) in [5.41, 5.74) is 0.396. The van der Waals surface area contributed by atoms with E-state index in [1.165, 1.54) is 0 Å². The van der Waals surface area contributed by atoms with Crippen LogP contribution in [0.2, 0.25) is 15.1 Å². The van der Waals surface area contributed by atoms with Crippen LogP contribution in [0.15, 0.2) is 30.5 Å². The minimum absolute atomic E-state index is 0.0352. The van der Waals surface area contributed by atoms with Crippen molar-refractivity contribution in [2.45, 2.75) is 31.7 Å². The molecule has 0 atom stereocenters. The number of nitrogens with one attached hydrogen (secondary N) is 2. The van der Waals surface area contributed by atoms with Gasteiger partial charge in [-0.25, -0.2) is 9.78 Å². The van der Waals surface area contributed by atoms with Crippen LogP contribution in [0.5, 0.6) is 0 Å². The molecule has 158 valence electrons. The standard InChI is InChI=1S/C20H18Cl3N3O4/c21-13-9-24-18(17(23)16(13)22)20(29)30-10-15(27)26-14-8-4-3-7-12(14)19(28)25-11-5-1-2-6-11/h3-4,7-9,11H,1-2,5-6,10H2,(H,25,28)(H,26,27). The van der Waals surface area contributed by atoms with E-state index in [4.69, 9.17) is 39.5 Å². The summed E-state index contributed by atoms with van der Waals surface area (Å²) < 4.78 is 4.95. The fraction of sp³-hybridized carbons (Fsp3) is 0.300. The first-order valence-electron chi connectivity index (χ1n) is 9.23. The lowest BCUT2D eigenvalue weighted by Gasteiger charge is -2.15. The number of nitrogens with zero attached hydrogens (tertiary/aromatic N) is 1. The highest BCUT2D eigenvalue weighted by molar-refractivity contribution is 6.48. The number of aromatic nitrogens is 1. The van der Waals surface area contributed by atoms with Gasteiger partial charge in [-0.05, 0) is 25.0 Å². The molecule has 1 aliphatic carbocycles. The molecule has 2 N–H and O–H groups in total. The van der Waals surface area contributed by atoms with Gasteiger partial charge >= 0.3 is 5.97 Å². The maximum Gasteiger partial charge on any atom is 0.359 e. The molecule has 1 aromatic heterocycles. The van der Waals surface area contributed by atoms with E-state index in [2.05, 4.69) is 15.6 Å². The second kappa shape index (κ2) is 10.1. The van der Waals surface area contributed by atoms with Crippen LogP contribution in [0, 0.1) is 0 Å². The Bertz CT molecular complexity index is 978. The molecule has 1 heterocycles. The Balaban J connectivity index is 1.60. The van der Waals surface area contributed by atoms with Gasteiger partial charge in [-0.15, -0.1) is 0 Å². The van der Waals surface area contributed by atoms with E-state index >= 15 is 0 Å². The first kappa shape index (κ1) is 22.3. The summed E-state index contributed by atoms with van der Waals surface area (Å²) in [5.74, 6) is -1.82. The fourth-order valence-electron chi connectivity index (χ4n) is 3.09. The Kier molecular flexibility index (Phi) is 7.53. The lowest BCUT2D eigenvalue weighted by molar-refractivity contribution is -0.119. The summed E-state index contributed by atoms with van der Waals surface area (Å²) in [6, 6.07) is 6.75. The number of esters is 1. The molecule has 30 heavy (non-hydrogen) atoms. The number of amides is 2. The zero-order valence-electron chi connectivity index (χ0n) is 15.7. The van der Waals surface area contributed by atoms with Crippen LogP contribution in [0.1, 0.15) is 46.5 Å². The number of pyridine rings is 1. The van der Waals surface area contributed by atoms with Gasteiger partial charge in [0.25, 0.3) is 11.8 Å². The minimum Gasteiger partial charge on any atom is -0.451 e. The predicted molar refractivity (Wildman–Crippen MR) is 114 cm³/mol. The molecule has 0 unspecified atom stereocenters. The number of halogens is 3. The molecular weight excluding hydrogens is 453 g/mol. The third kappa shape index (κ3) is 5.41. The largest absolute Gasteiger partial charge is 0.451 e. The van der Waals surface area contributed by atoms with Crippen molar-refractivity contribution >= 4 is 58.3 Å². The number of hydrogen-bond acceptors (Lipinski definition) is 5. The lowest BCUT2D eigenvalue weighted by atomic mass is 10.1. The van der Waals surface area contributed by atoms with Gasteiger partial charge < -0.3 is 15.4 Å². The van der Waals surface area contributed by atoms with Gasteiger partial charge in [0.2, 0.25) is 0 Å². The van der Waals surface area contributed by atoms with Gasteiger partial charge in [-0.1, -0.05) is 59.8 Å². The Labute approximate surface area is 188 Å². The third-order valence-electron chi connectivity index (χ3n) is 4.58. The molecule has 1 aromatic carbocycles. The SMILES string of the molecule is O=C(COC(=O)c1ncc(Cl)c(Cl)c1Cl)Nc1ccccc1C(=O)NC1CCCC1. The highest BCUT2D eigenvalue weighted by atomic mass is 35.5. The molecule has 1 fully saturated rings. The molecule has 1 aliphatic rings. The zero-order chi connectivity index (χ0) is 21.7. The summed E-state index contributed by atoms with van der Waals surface area (Å²) in [5, 5.41) is 5.44. The van der Waals surface area contributed by atoms with E-state index < -0.39 is 18.5 Å². The average molecular weight is 471 g/mol. The molecule has 7 nitrogen and oxygen atoms in total. The topological polar surface area (TPSA) is 97.4 Å². The molecule has 0 aliphatic heterocycles. The van der Waals surface area contributed by atoms with E-state index in [9.17, 15) is 14.4 Å². The molecule has 2 aromatic rings. The maximum absolute atomic E-state index is 12.6. The Morgan fingerprint density at radius 1 is 1.07 bits per heavy atom. The number of hydrogen-bond donors (Lipinski definition) is 2. The quantitative estimate of drug-likeness (QED) is 0.605. The zero-order valence-corrected chi connectivity index (χ0v) is 18.0. The van der Waals surface area contributed by atoms with Gasteiger partial charge in [-0.2, -0.15) is 0 Å². The number of anilines is 1. The van der Waals surface area contributed by atoms with Crippen LogP contribution in [0.3, 0.4) is 0 Å². The summed E-state index contributed by atoms with van der Waals surface area (Å²) in [6.45, 7) is -0.602. The molecule has 2 amide bonds. The Morgan fingerprint density at radius 2 is 1.77 bits per heavy atom. The number of rotatable bonds is 6. The van der Waals surface area contributed by atoms with E-state index in [0.29, 0.717) is 11.3 Å². The monoisotopic (exact) mass is 469 g/mol. The van der Waals surface area contributed by atoms with Crippen LogP contribution >= 0.6 is 34.8 Å². The van der Waals surface area contributed by atoms with Crippen molar-refractivity contribution in [2.75, 3.05) is 11.9 Å². The fourth-order valence-corrected chi connectivity index (χ4v) is 3.65. The third-order valence-corrected chi connectivity index (χ3v) is 5.82. The van der Waals surface area contributed by atoms with E-state index in [-0.39, 0.29) is 32.7 Å². The molecule has 0 saturated heterocycles. The Hall–Kier alpha value is -2.35. The van der Waals surface area contributed by atoms with Gasteiger partial charge in [0.1, 0.15) is 0 Å². The maximum atomic E-state index is 12.6. The van der Waals surface area contributed by atoms with Crippen molar-refractivity contribution in [3.8, 4) is 0 Å². The minimum atomic E-state index is -0.930. The van der Waals surface area contributed by atoms with Gasteiger partial charge in [-0.3, -0.25) is 9.59 Å². The van der Waals surface area contributed by atoms with E-state index in [1.54, 1.807) is 24.3 Å². The van der Waals surface area contributed by atoms with E-state index in [1.807, 2.05) is 0 Å². The normalized spacial score (nSPS) is 13.7. The Morgan fingerprint density at radius 3 is 2.50 bits per heavy atom. The summed E-state index contributed by atoms with van der Waals surface area (Å²) in [7, 11) is 0. The van der Waals surface area contributed by atoms with Gasteiger partial charge in [0.15, 0.2) is 12.3 Å². The predicted octanol–water partition coefficient (Wildman–Crippen LogP) is 4.51. The van der Waals surface area contributed by atoms with Crippen molar-refractivity contribution in [2.24, 2.45) is 0 Å². The van der Waals surface area contributed by atoms with E-state index in [0.717, 1.165) is 31.9 Å². The lowest BCUT2D eigenvalue weighted by Crippen LogP contribution is -2.33. The number of ether oxygens (including phenoxy) is 1. The van der Waals surface area contributed by atoms with Gasteiger partial charge in [0.05, 0.1) is 26.3 Å². The molecule has 3 rings (SSSR count). The number of benzene rings is 1. The highest BCUT2D eigenvalue weighted by Crippen LogP contribution is 2.31. The molecular formula is C20H18Cl3N3O4. The van der Waals surface area contributed by atoms with Crippen molar-refractivity contribution < 1.29 is 19.1 Å². The second-order valence-corrected chi connectivity index (χ2v) is 7.87. The van der Waals surface area contributed by atoms with Crippen LogP contribution in [-0.2, 0) is 9.53 Å². The highest BCUT2D eigenvalue weighted by Gasteiger charge is 2.22. The molecule has 1 saturated carbocycles. The summed E-state index contributed by atoms with van der Waals surface area (Å²) >= 11 is 17.6. The smallest absolute Gasteiger partial charge is 0.359 e. The summed E-state index contributed by atoms with van der Waals surface area (Å²) in [6.07, 6.45) is 5.23. The van der Waals surface area contributed by atoms with Crippen molar-refractivity contribution in [3.05, 3.63) is 56.8 Å². The first-order chi connectivity index (χ1) is 14.4. The van der Waals surface area contributed by atoms with Crippen LogP contribution in [0.25, 0.3) is 0 Å². The van der Waals surface area contributed by atoms with Crippen LogP contribution in [-0.4, -0.2) is 35.4 Å². The molecule has 0 radical (unpaired) electrons. The summed E-state index contributed by atoms with van der Waals surface area (Å²) in [4.78, 5) is 40.7. The number of para-hydroxylation sites is 1. The number of carbonyl (C=O) groups is 3. The molecule has 0 spiro atoms. The molecule has 0 bridgehead atoms. The first-order valence-corrected chi connectivity index (χ1v) is 10.4. The van der Waals surface area contributed by atoms with Crippen molar-refractivity contribution in [1.29, 1.82) is 0 Å². The van der Waals surface area contributed by atoms with Crippen molar-refractivity contribution in [3.63, 3.8) is 0 Å². The average Bonchev–Trinajstić information content (AvgIpc) is 3.23. The van der Waals surface area contributed by atoms with Crippen LogP contribution < -0.4 is 10.6 Å².